The number of halogens is 1. The quantitative estimate of drug-likeness (QED) is 0.439. The van der Waals surface area contributed by atoms with Gasteiger partial charge in [-0.25, -0.2) is 0 Å². The van der Waals surface area contributed by atoms with Crippen molar-refractivity contribution in [3.05, 3.63) is 71.4 Å². The minimum Gasteiger partial charge on any atom is -0.353 e. The van der Waals surface area contributed by atoms with E-state index < -0.39 is 0 Å². The highest BCUT2D eigenvalue weighted by Crippen LogP contribution is 2.36. The van der Waals surface area contributed by atoms with Crippen molar-refractivity contribution in [3.8, 4) is 0 Å². The molecule has 4 nitrogen and oxygen atoms in total. The Bertz CT molecular complexity index is 1100. The molecule has 1 atom stereocenters. The summed E-state index contributed by atoms with van der Waals surface area (Å²) in [6.45, 7) is 5.20. The van der Waals surface area contributed by atoms with E-state index in [-0.39, 0.29) is 24.2 Å². The van der Waals surface area contributed by atoms with Gasteiger partial charge in [-0.15, -0.1) is 12.4 Å². The highest BCUT2D eigenvalue weighted by Gasteiger charge is 2.25. The number of amides is 1. The van der Waals surface area contributed by atoms with Crippen LogP contribution in [0.25, 0.3) is 10.9 Å². The number of fused-ring (bicyclic) bond motifs is 1. The van der Waals surface area contributed by atoms with Crippen molar-refractivity contribution >= 4 is 29.2 Å². The van der Waals surface area contributed by atoms with Crippen molar-refractivity contribution in [2.75, 3.05) is 13.1 Å². The molecule has 2 aliphatic rings. The third-order valence-corrected chi connectivity index (χ3v) is 7.66. The Balaban J connectivity index is 0.00000274. The van der Waals surface area contributed by atoms with Gasteiger partial charge in [-0.2, -0.15) is 0 Å². The molecule has 1 aliphatic carbocycles. The van der Waals surface area contributed by atoms with E-state index in [1.54, 1.807) is 0 Å². The number of rotatable bonds is 7. The van der Waals surface area contributed by atoms with Gasteiger partial charge in [-0.1, -0.05) is 60.9 Å². The predicted molar refractivity (Wildman–Crippen MR) is 143 cm³/mol. The Hall–Kier alpha value is -2.30. The first-order valence-electron chi connectivity index (χ1n) is 12.8. The van der Waals surface area contributed by atoms with Crippen LogP contribution in [0.15, 0.2) is 54.7 Å². The van der Waals surface area contributed by atoms with Gasteiger partial charge in [0.1, 0.15) is 0 Å². The SMILES string of the molecule is Cc1cccc(C(CC(=O)NC2CCNCC2)c2cn(CC3CCCC3)c3ccccc23)c1.Cl. The summed E-state index contributed by atoms with van der Waals surface area (Å²) in [7, 11) is 0. The molecule has 2 N–H and O–H groups in total. The van der Waals surface area contributed by atoms with E-state index in [1.807, 2.05) is 0 Å². The fourth-order valence-corrected chi connectivity index (χ4v) is 5.91. The lowest BCUT2D eigenvalue weighted by molar-refractivity contribution is -0.122. The van der Waals surface area contributed by atoms with Crippen molar-refractivity contribution in [1.29, 1.82) is 0 Å². The number of carbonyl (C=O) groups is 1. The number of hydrogen-bond acceptors (Lipinski definition) is 2. The molecule has 1 aliphatic heterocycles. The Morgan fingerprint density at radius 3 is 2.59 bits per heavy atom. The second-order valence-corrected chi connectivity index (χ2v) is 10.2. The van der Waals surface area contributed by atoms with E-state index in [2.05, 4.69) is 76.9 Å². The molecule has 1 amide bonds. The smallest absolute Gasteiger partial charge is 0.221 e. The van der Waals surface area contributed by atoms with Gasteiger partial charge >= 0.3 is 0 Å². The molecule has 1 aromatic heterocycles. The lowest BCUT2D eigenvalue weighted by Gasteiger charge is -2.25. The van der Waals surface area contributed by atoms with Crippen molar-refractivity contribution in [2.45, 2.75) is 70.4 Å². The first kappa shape index (κ1) is 24.8. The molecule has 0 radical (unpaired) electrons. The number of benzene rings is 2. The fourth-order valence-electron chi connectivity index (χ4n) is 5.91. The molecule has 2 aromatic carbocycles. The first-order valence-corrected chi connectivity index (χ1v) is 12.8. The number of aryl methyl sites for hydroxylation is 1. The van der Waals surface area contributed by atoms with Crippen LogP contribution in [-0.2, 0) is 11.3 Å². The van der Waals surface area contributed by atoms with Crippen LogP contribution in [0.4, 0.5) is 0 Å². The third kappa shape index (κ3) is 5.67. The summed E-state index contributed by atoms with van der Waals surface area (Å²) in [4.78, 5) is 13.2. The summed E-state index contributed by atoms with van der Waals surface area (Å²) in [5, 5.41) is 8.00. The van der Waals surface area contributed by atoms with Crippen LogP contribution in [0.3, 0.4) is 0 Å². The molecular formula is C29H38ClN3O. The second-order valence-electron chi connectivity index (χ2n) is 10.2. The number of nitrogens with zero attached hydrogens (tertiary/aromatic N) is 1. The van der Waals surface area contributed by atoms with E-state index in [0.29, 0.717) is 12.5 Å². The Labute approximate surface area is 209 Å². The molecule has 3 aromatic rings. The summed E-state index contributed by atoms with van der Waals surface area (Å²) in [6, 6.07) is 17.8. The van der Waals surface area contributed by atoms with Crippen LogP contribution < -0.4 is 10.6 Å². The standard InChI is InChI=1S/C29H37N3O.ClH/c1-21-7-6-10-23(17-21)26(18-29(33)31-24-13-15-30-16-14-24)27-20-32(19-22-8-2-3-9-22)28-12-5-4-11-25(27)28;/h4-7,10-12,17,20,22,24,26,30H,2-3,8-9,13-16,18-19H2,1H3,(H,31,33);1H. The number of aromatic nitrogens is 1. The summed E-state index contributed by atoms with van der Waals surface area (Å²) in [6.07, 6.45) is 10.3. The fraction of sp³-hybridized carbons (Fsp3) is 0.483. The maximum Gasteiger partial charge on any atom is 0.221 e. The van der Waals surface area contributed by atoms with Crippen molar-refractivity contribution in [1.82, 2.24) is 15.2 Å². The van der Waals surface area contributed by atoms with Crippen LogP contribution >= 0.6 is 12.4 Å². The Morgan fingerprint density at radius 2 is 1.82 bits per heavy atom. The average Bonchev–Trinajstić information content (AvgIpc) is 3.47. The number of nitrogens with one attached hydrogen (secondary N) is 2. The number of piperidine rings is 1. The molecule has 5 rings (SSSR count). The van der Waals surface area contributed by atoms with E-state index in [9.17, 15) is 4.79 Å². The minimum absolute atomic E-state index is 0. The first-order chi connectivity index (χ1) is 16.2. The number of carbonyl (C=O) groups excluding carboxylic acids is 1. The van der Waals surface area contributed by atoms with Crippen LogP contribution in [-0.4, -0.2) is 29.6 Å². The lowest BCUT2D eigenvalue weighted by Crippen LogP contribution is -2.43. The summed E-state index contributed by atoms with van der Waals surface area (Å²) < 4.78 is 2.47. The van der Waals surface area contributed by atoms with Crippen molar-refractivity contribution in [3.63, 3.8) is 0 Å². The molecule has 1 unspecified atom stereocenters. The lowest BCUT2D eigenvalue weighted by atomic mass is 9.87. The molecule has 34 heavy (non-hydrogen) atoms. The van der Waals surface area contributed by atoms with Gasteiger partial charge in [-0.05, 0) is 68.8 Å². The molecule has 182 valence electrons. The van der Waals surface area contributed by atoms with Crippen molar-refractivity contribution in [2.24, 2.45) is 5.92 Å². The molecule has 2 heterocycles. The maximum atomic E-state index is 13.2. The molecule has 0 bridgehead atoms. The van der Waals surface area contributed by atoms with E-state index in [0.717, 1.165) is 38.4 Å². The molecular weight excluding hydrogens is 442 g/mol. The zero-order valence-electron chi connectivity index (χ0n) is 20.3. The van der Waals surface area contributed by atoms with Crippen LogP contribution in [0.1, 0.15) is 67.6 Å². The highest BCUT2D eigenvalue weighted by atomic mass is 35.5. The van der Waals surface area contributed by atoms with E-state index in [4.69, 9.17) is 0 Å². The minimum atomic E-state index is 0. The predicted octanol–water partition coefficient (Wildman–Crippen LogP) is 5.95. The van der Waals surface area contributed by atoms with Gasteiger partial charge in [0.15, 0.2) is 0 Å². The molecule has 5 heteroatoms. The Morgan fingerprint density at radius 1 is 1.06 bits per heavy atom. The van der Waals surface area contributed by atoms with Gasteiger partial charge in [-0.3, -0.25) is 4.79 Å². The normalized spacial score (nSPS) is 18.0. The van der Waals surface area contributed by atoms with Crippen molar-refractivity contribution < 1.29 is 4.79 Å². The van der Waals surface area contributed by atoms with Gasteiger partial charge in [0.05, 0.1) is 0 Å². The zero-order valence-corrected chi connectivity index (χ0v) is 21.1. The van der Waals surface area contributed by atoms with Crippen LogP contribution in [0.5, 0.6) is 0 Å². The number of para-hydroxylation sites is 1. The summed E-state index contributed by atoms with van der Waals surface area (Å²) in [5.74, 6) is 0.997. The van der Waals surface area contributed by atoms with Crippen LogP contribution in [0.2, 0.25) is 0 Å². The topological polar surface area (TPSA) is 46.1 Å². The molecule has 0 spiro atoms. The van der Waals surface area contributed by atoms with Gasteiger partial charge in [0.2, 0.25) is 5.91 Å². The Kier molecular flexibility index (Phi) is 8.33. The second kappa shape index (κ2) is 11.4. The number of hydrogen-bond donors (Lipinski definition) is 2. The average molecular weight is 480 g/mol. The van der Waals surface area contributed by atoms with E-state index in [1.165, 1.54) is 53.3 Å². The van der Waals surface area contributed by atoms with Crippen LogP contribution in [0, 0.1) is 12.8 Å². The van der Waals surface area contributed by atoms with Gasteiger partial charge in [0, 0.05) is 42.0 Å². The highest BCUT2D eigenvalue weighted by molar-refractivity contribution is 5.87. The molecule has 1 saturated carbocycles. The summed E-state index contributed by atoms with van der Waals surface area (Å²) in [5.41, 5.74) is 5.07. The molecule has 2 fully saturated rings. The third-order valence-electron chi connectivity index (χ3n) is 7.66. The summed E-state index contributed by atoms with van der Waals surface area (Å²) >= 11 is 0. The maximum absolute atomic E-state index is 13.2. The van der Waals surface area contributed by atoms with Gasteiger partial charge in [0.25, 0.3) is 0 Å². The van der Waals surface area contributed by atoms with Gasteiger partial charge < -0.3 is 15.2 Å². The monoisotopic (exact) mass is 479 g/mol. The largest absolute Gasteiger partial charge is 0.353 e. The van der Waals surface area contributed by atoms with E-state index >= 15 is 0 Å². The zero-order chi connectivity index (χ0) is 22.6. The molecule has 1 saturated heterocycles.